The predicted octanol–water partition coefficient (Wildman–Crippen LogP) is 4.60. The number of nitrogens with zero attached hydrogens (tertiary/aromatic N) is 1. The van der Waals surface area contributed by atoms with E-state index >= 15 is 0 Å². The lowest BCUT2D eigenvalue weighted by atomic mass is 10.0. The second-order valence-corrected chi connectivity index (χ2v) is 4.27. The van der Waals surface area contributed by atoms with Crippen LogP contribution in [0.3, 0.4) is 0 Å². The highest BCUT2D eigenvalue weighted by Gasteiger charge is 2.33. The van der Waals surface area contributed by atoms with Crippen LogP contribution in [0.4, 0.5) is 13.2 Å². The normalized spacial score (nSPS) is 12.0. The third-order valence-electron chi connectivity index (χ3n) is 2.97. The molecule has 0 unspecified atom stereocenters. The largest absolute Gasteiger partial charge is 0.418 e. The van der Waals surface area contributed by atoms with Crippen LogP contribution in [0.5, 0.6) is 0 Å². The lowest BCUT2D eigenvalue weighted by Crippen LogP contribution is -2.07. The van der Waals surface area contributed by atoms with Crippen LogP contribution in [-0.4, -0.2) is 4.98 Å². The number of fused-ring (bicyclic) bond motifs is 1. The van der Waals surface area contributed by atoms with E-state index in [1.54, 1.807) is 12.1 Å². The fourth-order valence-corrected chi connectivity index (χ4v) is 2.05. The first-order valence-electron chi connectivity index (χ1n) is 5.98. The van der Waals surface area contributed by atoms with Gasteiger partial charge in [-0.15, -0.1) is 0 Å². The molecule has 18 heavy (non-hydrogen) atoms. The number of aromatic nitrogens is 1. The van der Waals surface area contributed by atoms with Crippen molar-refractivity contribution >= 4 is 10.9 Å². The Morgan fingerprint density at radius 3 is 2.61 bits per heavy atom. The molecule has 0 aliphatic rings. The highest BCUT2D eigenvalue weighted by Crippen LogP contribution is 2.34. The van der Waals surface area contributed by atoms with Crippen molar-refractivity contribution in [3.05, 3.63) is 41.6 Å². The topological polar surface area (TPSA) is 12.9 Å². The molecule has 0 atom stereocenters. The van der Waals surface area contributed by atoms with Gasteiger partial charge in [-0.2, -0.15) is 13.2 Å². The molecule has 96 valence electrons. The number of unbranched alkanes of at least 4 members (excludes halogenated alkanes) is 1. The second kappa shape index (κ2) is 4.96. The van der Waals surface area contributed by atoms with Crippen molar-refractivity contribution in [2.24, 2.45) is 0 Å². The van der Waals surface area contributed by atoms with E-state index in [4.69, 9.17) is 0 Å². The highest BCUT2D eigenvalue weighted by molar-refractivity contribution is 5.85. The molecule has 0 spiro atoms. The Labute approximate surface area is 104 Å². The van der Waals surface area contributed by atoms with Crippen LogP contribution in [0, 0.1) is 0 Å². The first kappa shape index (κ1) is 12.9. The first-order valence-corrected chi connectivity index (χ1v) is 5.98. The summed E-state index contributed by atoms with van der Waals surface area (Å²) in [4.78, 5) is 3.90. The van der Waals surface area contributed by atoms with Crippen molar-refractivity contribution in [1.82, 2.24) is 4.98 Å². The van der Waals surface area contributed by atoms with E-state index < -0.39 is 11.7 Å². The number of aryl methyl sites for hydroxylation is 1. The number of hydrogen-bond acceptors (Lipinski definition) is 1. The summed E-state index contributed by atoms with van der Waals surface area (Å²) in [6, 6.07) is 6.04. The van der Waals surface area contributed by atoms with Gasteiger partial charge in [0.2, 0.25) is 0 Å². The number of halogens is 3. The first-order chi connectivity index (χ1) is 8.54. The van der Waals surface area contributed by atoms with Crippen LogP contribution in [0.25, 0.3) is 10.9 Å². The Balaban J connectivity index is 2.58. The van der Waals surface area contributed by atoms with Gasteiger partial charge >= 0.3 is 6.18 Å². The third-order valence-corrected chi connectivity index (χ3v) is 2.97. The maximum Gasteiger partial charge on any atom is 0.418 e. The molecule has 2 aromatic rings. The van der Waals surface area contributed by atoms with Crippen molar-refractivity contribution in [3.8, 4) is 0 Å². The minimum absolute atomic E-state index is 0.0543. The number of hydrogen-bond donors (Lipinski definition) is 0. The molecular weight excluding hydrogens is 239 g/mol. The van der Waals surface area contributed by atoms with Crippen LogP contribution in [0.1, 0.15) is 30.9 Å². The average molecular weight is 253 g/mol. The Hall–Kier alpha value is -1.58. The molecule has 1 nitrogen and oxygen atoms in total. The molecular formula is C14H14F3N. The van der Waals surface area contributed by atoms with E-state index in [9.17, 15) is 13.2 Å². The molecule has 1 aromatic carbocycles. The van der Waals surface area contributed by atoms with Gasteiger partial charge in [0, 0.05) is 11.6 Å². The lowest BCUT2D eigenvalue weighted by molar-refractivity contribution is -0.136. The summed E-state index contributed by atoms with van der Waals surface area (Å²) >= 11 is 0. The molecule has 0 bridgehead atoms. The van der Waals surface area contributed by atoms with Gasteiger partial charge in [0.1, 0.15) is 0 Å². The number of rotatable bonds is 3. The van der Waals surface area contributed by atoms with E-state index in [0.717, 1.165) is 30.9 Å². The Morgan fingerprint density at radius 1 is 1.17 bits per heavy atom. The summed E-state index contributed by atoms with van der Waals surface area (Å²) in [6.45, 7) is 2.06. The Morgan fingerprint density at radius 2 is 1.94 bits per heavy atom. The van der Waals surface area contributed by atoms with E-state index in [1.807, 2.05) is 0 Å². The summed E-state index contributed by atoms with van der Waals surface area (Å²) in [6.07, 6.45) is -0.118. The summed E-state index contributed by atoms with van der Waals surface area (Å²) in [5, 5.41) is 0.612. The van der Waals surface area contributed by atoms with E-state index in [2.05, 4.69) is 11.9 Å². The maximum atomic E-state index is 12.9. The quantitative estimate of drug-likeness (QED) is 0.779. The molecule has 1 aromatic heterocycles. The van der Waals surface area contributed by atoms with Crippen LogP contribution in [0.15, 0.2) is 30.5 Å². The summed E-state index contributed by atoms with van der Waals surface area (Å²) in [5.41, 5.74) is 0.338. The van der Waals surface area contributed by atoms with Gasteiger partial charge in [-0.3, -0.25) is 4.98 Å². The van der Waals surface area contributed by atoms with Gasteiger partial charge in [-0.1, -0.05) is 25.5 Å². The minimum Gasteiger partial charge on any atom is -0.256 e. The summed E-state index contributed by atoms with van der Waals surface area (Å²) < 4.78 is 38.6. The average Bonchev–Trinajstić information content (AvgIpc) is 2.34. The molecule has 0 fully saturated rings. The van der Waals surface area contributed by atoms with Gasteiger partial charge in [-0.05, 0) is 30.5 Å². The lowest BCUT2D eigenvalue weighted by Gasteiger charge is -2.11. The Bertz CT molecular complexity index is 546. The van der Waals surface area contributed by atoms with Gasteiger partial charge in [-0.25, -0.2) is 0 Å². The van der Waals surface area contributed by atoms with E-state index in [1.165, 1.54) is 12.3 Å². The highest BCUT2D eigenvalue weighted by atomic mass is 19.4. The van der Waals surface area contributed by atoms with Crippen molar-refractivity contribution in [2.45, 2.75) is 32.4 Å². The summed E-state index contributed by atoms with van der Waals surface area (Å²) in [7, 11) is 0. The van der Waals surface area contributed by atoms with Crippen molar-refractivity contribution < 1.29 is 13.2 Å². The maximum absolute atomic E-state index is 12.9. The monoisotopic (exact) mass is 253 g/mol. The van der Waals surface area contributed by atoms with Crippen molar-refractivity contribution in [3.63, 3.8) is 0 Å². The van der Waals surface area contributed by atoms with Gasteiger partial charge in [0.05, 0.1) is 11.1 Å². The molecule has 0 saturated heterocycles. The molecule has 1 heterocycles. The van der Waals surface area contributed by atoms with E-state index in [-0.39, 0.29) is 5.52 Å². The van der Waals surface area contributed by atoms with Crippen molar-refractivity contribution in [2.75, 3.05) is 0 Å². The zero-order chi connectivity index (χ0) is 13.2. The number of benzene rings is 1. The number of para-hydroxylation sites is 1. The third kappa shape index (κ3) is 2.47. The molecule has 0 saturated carbocycles. The number of pyridine rings is 1. The smallest absolute Gasteiger partial charge is 0.256 e. The minimum atomic E-state index is -4.35. The molecule has 0 amide bonds. The van der Waals surface area contributed by atoms with E-state index in [0.29, 0.717) is 5.39 Å². The van der Waals surface area contributed by atoms with Crippen LogP contribution in [0.2, 0.25) is 0 Å². The molecule has 0 aliphatic carbocycles. The van der Waals surface area contributed by atoms with Crippen molar-refractivity contribution in [1.29, 1.82) is 0 Å². The molecule has 0 radical (unpaired) electrons. The second-order valence-electron chi connectivity index (χ2n) is 4.27. The van der Waals surface area contributed by atoms with Crippen LogP contribution in [-0.2, 0) is 12.6 Å². The fourth-order valence-electron chi connectivity index (χ4n) is 2.05. The Kier molecular flexibility index (Phi) is 3.55. The fraction of sp³-hybridized carbons (Fsp3) is 0.357. The SMILES string of the molecule is CCCCc1ccnc2c(C(F)(F)F)cccc12. The van der Waals surface area contributed by atoms with Crippen LogP contribution < -0.4 is 0 Å². The summed E-state index contributed by atoms with van der Waals surface area (Å²) in [5.74, 6) is 0. The van der Waals surface area contributed by atoms with Gasteiger partial charge in [0.15, 0.2) is 0 Å². The van der Waals surface area contributed by atoms with Gasteiger partial charge in [0.25, 0.3) is 0 Å². The molecule has 0 aliphatic heterocycles. The zero-order valence-corrected chi connectivity index (χ0v) is 10.1. The van der Waals surface area contributed by atoms with Crippen LogP contribution >= 0.6 is 0 Å². The van der Waals surface area contributed by atoms with Gasteiger partial charge < -0.3 is 0 Å². The zero-order valence-electron chi connectivity index (χ0n) is 10.1. The molecule has 2 rings (SSSR count). The molecule has 4 heteroatoms. The predicted molar refractivity (Wildman–Crippen MR) is 65.4 cm³/mol. The number of alkyl halides is 3. The molecule has 0 N–H and O–H groups in total. The standard InChI is InChI=1S/C14H14F3N/c1-2-3-5-10-8-9-18-13-11(10)6-4-7-12(13)14(15,16)17/h4,6-9H,2-3,5H2,1H3.